The average Bonchev–Trinajstić information content (AvgIpc) is 3.17. The Labute approximate surface area is 197 Å². The van der Waals surface area contributed by atoms with E-state index in [-0.39, 0.29) is 35.6 Å². The fourth-order valence-electron chi connectivity index (χ4n) is 4.63. The predicted molar refractivity (Wildman–Crippen MR) is 117 cm³/mol. The third-order valence-electron chi connectivity index (χ3n) is 6.46. The number of nitriles is 1. The van der Waals surface area contributed by atoms with Gasteiger partial charge in [-0.05, 0) is 44.7 Å². The SMILES string of the molecule is Cc1ccc(S(=O)(=O)O)cc1.N#C[C@H](C[C@@H]1CCNC1=O)NC(=O)[C@H]1N[C@H]2CC[C@@H]1C(F)(F)C2. The summed E-state index contributed by atoms with van der Waals surface area (Å²) in [6, 6.07) is 5.78. The number of alkyl halides is 2. The van der Waals surface area contributed by atoms with Crippen LogP contribution in [-0.2, 0) is 19.7 Å². The quantitative estimate of drug-likeness (QED) is 0.450. The van der Waals surface area contributed by atoms with E-state index in [4.69, 9.17) is 4.55 Å². The van der Waals surface area contributed by atoms with E-state index in [9.17, 15) is 32.0 Å². The van der Waals surface area contributed by atoms with Gasteiger partial charge in [-0.25, -0.2) is 8.78 Å². The van der Waals surface area contributed by atoms with E-state index >= 15 is 0 Å². The zero-order chi connectivity index (χ0) is 25.1. The molecule has 3 heterocycles. The van der Waals surface area contributed by atoms with E-state index < -0.39 is 39.9 Å². The van der Waals surface area contributed by atoms with Crippen LogP contribution in [-0.4, -0.2) is 55.4 Å². The monoisotopic (exact) mass is 498 g/mol. The number of carbonyl (C=O) groups excluding carboxylic acids is 2. The third kappa shape index (κ3) is 6.28. The molecule has 3 aliphatic heterocycles. The Morgan fingerprint density at radius 3 is 2.47 bits per heavy atom. The largest absolute Gasteiger partial charge is 0.356 e. The summed E-state index contributed by atoms with van der Waals surface area (Å²) in [7, 11) is -4.02. The summed E-state index contributed by atoms with van der Waals surface area (Å²) in [5, 5.41) is 17.4. The molecule has 4 N–H and O–H groups in total. The molecule has 5 rings (SSSR count). The summed E-state index contributed by atoms with van der Waals surface area (Å²) in [5.74, 6) is -4.87. The first-order valence-electron chi connectivity index (χ1n) is 11.1. The topological polar surface area (TPSA) is 148 Å². The minimum Gasteiger partial charge on any atom is -0.356 e. The fraction of sp³-hybridized carbons (Fsp3) is 0.591. The molecular formula is C22H28F2N4O5S. The van der Waals surface area contributed by atoms with Crippen LogP contribution in [0, 0.1) is 30.1 Å². The van der Waals surface area contributed by atoms with Gasteiger partial charge in [0.15, 0.2) is 0 Å². The van der Waals surface area contributed by atoms with Gasteiger partial charge < -0.3 is 16.0 Å². The number of nitrogens with one attached hydrogen (secondary N) is 3. The maximum atomic E-state index is 14.0. The molecule has 0 spiro atoms. The Morgan fingerprint density at radius 1 is 1.29 bits per heavy atom. The van der Waals surface area contributed by atoms with Crippen LogP contribution in [0.4, 0.5) is 8.78 Å². The highest BCUT2D eigenvalue weighted by atomic mass is 32.2. The van der Waals surface area contributed by atoms with Gasteiger partial charge in [-0.15, -0.1) is 0 Å². The van der Waals surface area contributed by atoms with Gasteiger partial charge in [0.05, 0.1) is 17.0 Å². The number of amides is 2. The van der Waals surface area contributed by atoms with Crippen molar-refractivity contribution in [3.63, 3.8) is 0 Å². The maximum absolute atomic E-state index is 14.0. The number of aryl methyl sites for hydroxylation is 1. The summed E-state index contributed by atoms with van der Waals surface area (Å²) in [4.78, 5) is 23.8. The van der Waals surface area contributed by atoms with Crippen molar-refractivity contribution in [3.8, 4) is 6.07 Å². The molecule has 1 aromatic rings. The van der Waals surface area contributed by atoms with Crippen molar-refractivity contribution in [1.29, 1.82) is 5.26 Å². The highest BCUT2D eigenvalue weighted by Gasteiger charge is 2.55. The van der Waals surface area contributed by atoms with E-state index in [2.05, 4.69) is 16.0 Å². The minimum atomic E-state index is -4.02. The molecule has 12 heteroatoms. The molecule has 0 unspecified atom stereocenters. The van der Waals surface area contributed by atoms with Gasteiger partial charge in [0.2, 0.25) is 11.8 Å². The zero-order valence-corrected chi connectivity index (χ0v) is 19.4. The molecule has 1 aromatic carbocycles. The molecule has 34 heavy (non-hydrogen) atoms. The lowest BCUT2D eigenvalue weighted by Crippen LogP contribution is -2.66. The fourth-order valence-corrected chi connectivity index (χ4v) is 5.11. The van der Waals surface area contributed by atoms with Crippen LogP contribution in [0.1, 0.15) is 37.7 Å². The van der Waals surface area contributed by atoms with Gasteiger partial charge in [-0.3, -0.25) is 14.1 Å². The molecule has 0 aromatic heterocycles. The number of piperidine rings is 2. The Hall–Kier alpha value is -2.62. The van der Waals surface area contributed by atoms with E-state index in [0.29, 0.717) is 25.8 Å². The lowest BCUT2D eigenvalue weighted by molar-refractivity contribution is -0.154. The van der Waals surface area contributed by atoms with Crippen molar-refractivity contribution < 1.29 is 31.3 Å². The molecule has 0 radical (unpaired) electrons. The van der Waals surface area contributed by atoms with Crippen molar-refractivity contribution in [2.24, 2.45) is 11.8 Å². The smallest absolute Gasteiger partial charge is 0.294 e. The second-order valence-electron chi connectivity index (χ2n) is 8.98. The number of halogens is 2. The van der Waals surface area contributed by atoms with Gasteiger partial charge in [0.1, 0.15) is 6.04 Å². The second-order valence-corrected chi connectivity index (χ2v) is 10.4. The molecule has 5 atom stereocenters. The van der Waals surface area contributed by atoms with Gasteiger partial charge in [-0.2, -0.15) is 13.7 Å². The summed E-state index contributed by atoms with van der Waals surface area (Å²) < 4.78 is 57.5. The lowest BCUT2D eigenvalue weighted by atomic mass is 9.73. The maximum Gasteiger partial charge on any atom is 0.294 e. The Bertz CT molecular complexity index is 1060. The number of benzene rings is 1. The van der Waals surface area contributed by atoms with Crippen molar-refractivity contribution in [3.05, 3.63) is 29.8 Å². The van der Waals surface area contributed by atoms with Crippen LogP contribution < -0.4 is 16.0 Å². The molecule has 9 nitrogen and oxygen atoms in total. The van der Waals surface area contributed by atoms with Crippen molar-refractivity contribution in [2.45, 2.75) is 68.0 Å². The van der Waals surface area contributed by atoms with Crippen LogP contribution in [0.25, 0.3) is 0 Å². The van der Waals surface area contributed by atoms with Crippen molar-refractivity contribution in [1.82, 2.24) is 16.0 Å². The van der Waals surface area contributed by atoms with Crippen LogP contribution in [0.15, 0.2) is 29.2 Å². The van der Waals surface area contributed by atoms with E-state index in [1.807, 2.05) is 13.0 Å². The van der Waals surface area contributed by atoms with Gasteiger partial charge >= 0.3 is 0 Å². The summed E-state index contributed by atoms with van der Waals surface area (Å²) in [6.45, 7) is 2.41. The first-order valence-corrected chi connectivity index (χ1v) is 12.5. The standard InChI is InChI=1S/C15H20F2N4O2.C7H8O3S/c16-15(17)6-9-1-2-11(15)12(20-9)14(23)21-10(7-18)5-8-3-4-19-13(8)22;1-6-2-4-7(5-3-6)11(8,9)10/h8-12,20H,1-6H2,(H,19,22)(H,21,23);2-5H,1H3,(H,8,9,10)/t8-,9-,10-,11-,12-;/m0./s1. The van der Waals surface area contributed by atoms with Gasteiger partial charge in [-0.1, -0.05) is 17.7 Å². The van der Waals surface area contributed by atoms with Gasteiger partial charge in [0.25, 0.3) is 16.0 Å². The Kier molecular flexibility index (Phi) is 7.90. The van der Waals surface area contributed by atoms with Crippen LogP contribution >= 0.6 is 0 Å². The second kappa shape index (κ2) is 10.3. The number of hydrogen-bond acceptors (Lipinski definition) is 6. The van der Waals surface area contributed by atoms with E-state index in [1.54, 1.807) is 12.1 Å². The molecule has 4 fully saturated rings. The van der Waals surface area contributed by atoms with Crippen LogP contribution in [0.5, 0.6) is 0 Å². The molecule has 3 saturated heterocycles. The molecule has 2 amide bonds. The number of rotatable bonds is 5. The molecule has 1 aliphatic carbocycles. The molecule has 186 valence electrons. The molecule has 4 aliphatic rings. The molecular weight excluding hydrogens is 470 g/mol. The van der Waals surface area contributed by atoms with Crippen molar-refractivity contribution >= 4 is 21.9 Å². The number of carbonyl (C=O) groups is 2. The average molecular weight is 499 g/mol. The third-order valence-corrected chi connectivity index (χ3v) is 7.33. The van der Waals surface area contributed by atoms with E-state index in [0.717, 1.165) is 5.56 Å². The first-order chi connectivity index (χ1) is 15.9. The van der Waals surface area contributed by atoms with Gasteiger partial charge in [0, 0.05) is 30.8 Å². The lowest BCUT2D eigenvalue weighted by Gasteiger charge is -2.47. The summed E-state index contributed by atoms with van der Waals surface area (Å²) in [6.07, 6.45) is 1.56. The highest BCUT2D eigenvalue weighted by Crippen LogP contribution is 2.44. The first kappa shape index (κ1) is 26.0. The zero-order valence-electron chi connectivity index (χ0n) is 18.6. The van der Waals surface area contributed by atoms with E-state index in [1.165, 1.54) is 12.1 Å². The normalized spacial score (nSPS) is 28.1. The molecule has 2 bridgehead atoms. The minimum absolute atomic E-state index is 0.0666. The number of fused-ring (bicyclic) bond motifs is 3. The summed E-state index contributed by atoms with van der Waals surface area (Å²) in [5.41, 5.74) is 0.956. The predicted octanol–water partition coefficient (Wildman–Crippen LogP) is 1.54. The van der Waals surface area contributed by atoms with Crippen LogP contribution in [0.2, 0.25) is 0 Å². The number of hydrogen-bond donors (Lipinski definition) is 4. The highest BCUT2D eigenvalue weighted by molar-refractivity contribution is 7.85. The Morgan fingerprint density at radius 2 is 1.97 bits per heavy atom. The Balaban J connectivity index is 0.000000248. The van der Waals surface area contributed by atoms with Crippen LogP contribution in [0.3, 0.4) is 0 Å². The molecule has 1 saturated carbocycles. The summed E-state index contributed by atoms with van der Waals surface area (Å²) >= 11 is 0. The number of nitrogens with zero attached hydrogens (tertiary/aromatic N) is 1. The van der Waals surface area contributed by atoms with Crippen molar-refractivity contribution in [2.75, 3.05) is 6.54 Å².